The molecule has 1 aromatic carbocycles. The highest BCUT2D eigenvalue weighted by Gasteiger charge is 2.42. The zero-order chi connectivity index (χ0) is 12.5. The second-order valence-corrected chi connectivity index (χ2v) is 4.97. The Balaban J connectivity index is 1.75. The van der Waals surface area contributed by atoms with Crippen molar-refractivity contribution in [1.82, 2.24) is 0 Å². The van der Waals surface area contributed by atoms with Crippen LogP contribution in [0.3, 0.4) is 0 Å². The van der Waals surface area contributed by atoms with Gasteiger partial charge in [0.05, 0.1) is 25.4 Å². The first-order chi connectivity index (χ1) is 8.75. The molecular weight excluding hydrogens is 232 g/mol. The van der Waals surface area contributed by atoms with E-state index in [-0.39, 0.29) is 24.4 Å². The summed E-state index contributed by atoms with van der Waals surface area (Å²) in [5.41, 5.74) is 1.00. The van der Waals surface area contributed by atoms with Gasteiger partial charge in [0.2, 0.25) is 0 Å². The van der Waals surface area contributed by atoms with Crippen LogP contribution in [0.25, 0.3) is 0 Å². The summed E-state index contributed by atoms with van der Waals surface area (Å²) in [7, 11) is 0. The average Bonchev–Trinajstić information content (AvgIpc) is 2.44. The van der Waals surface area contributed by atoms with E-state index >= 15 is 0 Å². The van der Waals surface area contributed by atoms with Crippen LogP contribution in [0.5, 0.6) is 0 Å². The zero-order valence-corrected chi connectivity index (χ0v) is 10.4. The molecule has 4 heteroatoms. The molecule has 1 aromatic rings. The van der Waals surface area contributed by atoms with Crippen molar-refractivity contribution in [2.24, 2.45) is 5.92 Å². The summed E-state index contributed by atoms with van der Waals surface area (Å²) in [5.74, 6) is 0.0684. The maximum Gasteiger partial charge on any atom is 0.184 e. The molecular formula is C14H18O4. The standard InChI is InChI=1S/C14H18O4/c1-9-11(15)7-16-12-8-17-14(18-13(9)12)10-5-3-2-4-6-10/h2-6,9,11-15H,7-8H2,1H3/t9-,11?,12?,13+,14?/m1/s1. The Morgan fingerprint density at radius 2 is 1.89 bits per heavy atom. The third kappa shape index (κ3) is 2.17. The monoisotopic (exact) mass is 250 g/mol. The molecule has 0 spiro atoms. The van der Waals surface area contributed by atoms with Crippen LogP contribution in [-0.4, -0.2) is 36.6 Å². The Hall–Kier alpha value is -0.940. The van der Waals surface area contributed by atoms with Gasteiger partial charge in [0.15, 0.2) is 6.29 Å². The summed E-state index contributed by atoms with van der Waals surface area (Å²) in [6, 6.07) is 9.85. The van der Waals surface area contributed by atoms with Gasteiger partial charge >= 0.3 is 0 Å². The van der Waals surface area contributed by atoms with Gasteiger partial charge in [-0.1, -0.05) is 37.3 Å². The normalized spacial score (nSPS) is 40.2. The van der Waals surface area contributed by atoms with E-state index in [1.807, 2.05) is 37.3 Å². The maximum atomic E-state index is 9.83. The Labute approximate surface area is 106 Å². The summed E-state index contributed by atoms with van der Waals surface area (Å²) in [4.78, 5) is 0. The van der Waals surface area contributed by atoms with E-state index in [0.717, 1.165) is 5.56 Å². The van der Waals surface area contributed by atoms with Crippen LogP contribution in [0.2, 0.25) is 0 Å². The third-order valence-corrected chi connectivity index (χ3v) is 3.74. The van der Waals surface area contributed by atoms with E-state index in [4.69, 9.17) is 14.2 Å². The van der Waals surface area contributed by atoms with Crippen LogP contribution in [0.4, 0.5) is 0 Å². The molecule has 0 bridgehead atoms. The molecule has 0 aliphatic carbocycles. The van der Waals surface area contributed by atoms with Gasteiger partial charge in [0, 0.05) is 11.5 Å². The number of ether oxygens (including phenoxy) is 3. The lowest BCUT2D eigenvalue weighted by Gasteiger charge is -2.44. The van der Waals surface area contributed by atoms with Gasteiger partial charge in [-0.05, 0) is 0 Å². The highest BCUT2D eigenvalue weighted by molar-refractivity contribution is 5.16. The van der Waals surface area contributed by atoms with Gasteiger partial charge < -0.3 is 19.3 Å². The number of benzene rings is 1. The Morgan fingerprint density at radius 1 is 1.11 bits per heavy atom. The molecule has 0 saturated carbocycles. The predicted octanol–water partition coefficient (Wildman–Crippen LogP) is 1.50. The summed E-state index contributed by atoms with van der Waals surface area (Å²) in [5, 5.41) is 9.83. The van der Waals surface area contributed by atoms with E-state index in [2.05, 4.69) is 0 Å². The Kier molecular flexibility index (Phi) is 3.35. The fraction of sp³-hybridized carbons (Fsp3) is 0.571. The second-order valence-electron chi connectivity index (χ2n) is 4.97. The van der Waals surface area contributed by atoms with Gasteiger partial charge in [0.25, 0.3) is 0 Å². The van der Waals surface area contributed by atoms with Crippen molar-refractivity contribution in [3.8, 4) is 0 Å². The predicted molar refractivity (Wildman–Crippen MR) is 64.9 cm³/mol. The topological polar surface area (TPSA) is 47.9 Å². The fourth-order valence-electron chi connectivity index (χ4n) is 2.53. The molecule has 2 fully saturated rings. The molecule has 4 nitrogen and oxygen atoms in total. The van der Waals surface area contributed by atoms with Crippen LogP contribution in [0.1, 0.15) is 18.8 Å². The number of rotatable bonds is 1. The van der Waals surface area contributed by atoms with E-state index in [9.17, 15) is 5.11 Å². The largest absolute Gasteiger partial charge is 0.390 e. The number of hydrogen-bond acceptors (Lipinski definition) is 4. The Bertz CT molecular complexity index is 392. The summed E-state index contributed by atoms with van der Waals surface area (Å²) in [6.07, 6.45) is -0.986. The lowest BCUT2D eigenvalue weighted by atomic mass is 9.91. The molecule has 2 heterocycles. The molecule has 0 aromatic heterocycles. The second kappa shape index (κ2) is 4.97. The van der Waals surface area contributed by atoms with Crippen LogP contribution in [0, 0.1) is 5.92 Å². The highest BCUT2D eigenvalue weighted by Crippen LogP contribution is 2.34. The molecule has 1 N–H and O–H groups in total. The first kappa shape index (κ1) is 12.1. The van der Waals surface area contributed by atoms with Crippen molar-refractivity contribution in [3.05, 3.63) is 35.9 Å². The molecule has 3 unspecified atom stereocenters. The van der Waals surface area contributed by atoms with Gasteiger partial charge in [-0.3, -0.25) is 0 Å². The van der Waals surface area contributed by atoms with Gasteiger partial charge in [-0.25, -0.2) is 0 Å². The minimum atomic E-state index is -0.458. The number of aliphatic hydroxyl groups is 1. The molecule has 98 valence electrons. The van der Waals surface area contributed by atoms with E-state index in [0.29, 0.717) is 13.2 Å². The number of aliphatic hydroxyl groups excluding tert-OH is 1. The first-order valence-corrected chi connectivity index (χ1v) is 6.37. The van der Waals surface area contributed by atoms with Gasteiger partial charge in [-0.2, -0.15) is 0 Å². The minimum Gasteiger partial charge on any atom is -0.390 e. The van der Waals surface area contributed by atoms with Crippen molar-refractivity contribution in [2.75, 3.05) is 13.2 Å². The fourth-order valence-corrected chi connectivity index (χ4v) is 2.53. The molecule has 3 rings (SSSR count). The van der Waals surface area contributed by atoms with Crippen molar-refractivity contribution < 1.29 is 19.3 Å². The van der Waals surface area contributed by atoms with E-state index in [1.165, 1.54) is 0 Å². The lowest BCUT2D eigenvalue weighted by molar-refractivity contribution is -0.302. The van der Waals surface area contributed by atoms with Crippen molar-refractivity contribution in [3.63, 3.8) is 0 Å². The zero-order valence-electron chi connectivity index (χ0n) is 10.4. The van der Waals surface area contributed by atoms with Gasteiger partial charge in [-0.15, -0.1) is 0 Å². The molecule has 18 heavy (non-hydrogen) atoms. The van der Waals surface area contributed by atoms with E-state index in [1.54, 1.807) is 0 Å². The Morgan fingerprint density at radius 3 is 2.67 bits per heavy atom. The van der Waals surface area contributed by atoms with Crippen molar-refractivity contribution in [2.45, 2.75) is 31.5 Å². The van der Waals surface area contributed by atoms with Crippen molar-refractivity contribution in [1.29, 1.82) is 0 Å². The molecule has 2 saturated heterocycles. The molecule has 2 aliphatic heterocycles. The van der Waals surface area contributed by atoms with Crippen LogP contribution in [0.15, 0.2) is 30.3 Å². The van der Waals surface area contributed by atoms with Gasteiger partial charge in [0.1, 0.15) is 6.10 Å². The van der Waals surface area contributed by atoms with Crippen molar-refractivity contribution >= 4 is 0 Å². The summed E-state index contributed by atoms with van der Waals surface area (Å²) < 4.78 is 17.2. The summed E-state index contributed by atoms with van der Waals surface area (Å²) in [6.45, 7) is 2.88. The molecule has 0 radical (unpaired) electrons. The minimum absolute atomic E-state index is 0.0663. The van der Waals surface area contributed by atoms with Crippen LogP contribution in [-0.2, 0) is 14.2 Å². The molecule has 5 atom stereocenters. The molecule has 0 amide bonds. The molecule has 2 aliphatic rings. The lowest BCUT2D eigenvalue weighted by Crippen LogP contribution is -2.54. The van der Waals surface area contributed by atoms with E-state index < -0.39 is 6.10 Å². The third-order valence-electron chi connectivity index (χ3n) is 3.74. The number of fused-ring (bicyclic) bond motifs is 1. The maximum absolute atomic E-state index is 9.83. The van der Waals surface area contributed by atoms with Crippen LogP contribution >= 0.6 is 0 Å². The number of hydrogen-bond donors (Lipinski definition) is 1. The average molecular weight is 250 g/mol. The summed E-state index contributed by atoms with van der Waals surface area (Å²) >= 11 is 0. The first-order valence-electron chi connectivity index (χ1n) is 6.37. The quantitative estimate of drug-likeness (QED) is 0.820. The van der Waals surface area contributed by atoms with Crippen LogP contribution < -0.4 is 0 Å². The highest BCUT2D eigenvalue weighted by atomic mass is 16.7. The SMILES string of the molecule is C[C@@H]1C(O)COC2COC(c3ccccc3)O[C@H]21. The smallest absolute Gasteiger partial charge is 0.184 e.